The van der Waals surface area contributed by atoms with Crippen molar-refractivity contribution in [1.82, 2.24) is 5.32 Å². The Morgan fingerprint density at radius 2 is 1.44 bits per heavy atom. The first-order valence-corrected chi connectivity index (χ1v) is 13.3. The normalized spacial score (nSPS) is 17.6. The van der Waals surface area contributed by atoms with Crippen LogP contribution in [0.15, 0.2) is 78.3 Å². The van der Waals surface area contributed by atoms with Gasteiger partial charge in [-0.15, -0.1) is 13.2 Å². The van der Waals surface area contributed by atoms with Gasteiger partial charge >= 0.3 is 19.6 Å². The molecule has 5 rings (SSSR count). The number of hydrogen-bond acceptors (Lipinski definition) is 5. The van der Waals surface area contributed by atoms with Gasteiger partial charge in [0.2, 0.25) is 0 Å². The van der Waals surface area contributed by atoms with Crippen LogP contribution in [0, 0.1) is 0 Å². The number of hydrogen-bond donors (Lipinski definition) is 1. The number of benzene rings is 3. The predicted molar refractivity (Wildman–Crippen MR) is 150 cm³/mol. The summed E-state index contributed by atoms with van der Waals surface area (Å²) >= 11 is 0. The molecule has 1 saturated heterocycles. The third-order valence-electron chi connectivity index (χ3n) is 7.82. The largest absolute Gasteiger partial charge is 0.573 e. The molecule has 1 heterocycles. The summed E-state index contributed by atoms with van der Waals surface area (Å²) in [5, 5.41) is 2.72. The van der Waals surface area contributed by atoms with Crippen molar-refractivity contribution in [3.05, 3.63) is 95.0 Å². The van der Waals surface area contributed by atoms with E-state index in [9.17, 15) is 18.0 Å². The monoisotopic (exact) mass is 565 g/mol. The predicted octanol–water partition coefficient (Wildman–Crippen LogP) is 7.14. The van der Waals surface area contributed by atoms with E-state index in [0.717, 1.165) is 22.3 Å². The van der Waals surface area contributed by atoms with Gasteiger partial charge < -0.3 is 24.1 Å². The first kappa shape index (κ1) is 28.8. The molecule has 1 aliphatic heterocycles. The van der Waals surface area contributed by atoms with Crippen LogP contribution in [-0.4, -0.2) is 43.9 Å². The first-order chi connectivity index (χ1) is 19.3. The summed E-state index contributed by atoms with van der Waals surface area (Å²) in [4.78, 5) is 12.9. The zero-order valence-electron chi connectivity index (χ0n) is 23.2. The molecule has 10 heteroatoms. The number of carbonyl (C=O) groups excluding carboxylic acids is 1. The van der Waals surface area contributed by atoms with Gasteiger partial charge in [0.15, 0.2) is 0 Å². The van der Waals surface area contributed by atoms with Crippen molar-refractivity contribution >= 4 is 19.3 Å². The molecule has 214 valence electrons. The molecule has 2 aliphatic rings. The van der Waals surface area contributed by atoms with Gasteiger partial charge in [0, 0.05) is 18.0 Å². The van der Waals surface area contributed by atoms with Crippen LogP contribution < -0.4 is 10.1 Å². The van der Waals surface area contributed by atoms with Crippen LogP contribution >= 0.6 is 0 Å². The lowest BCUT2D eigenvalue weighted by atomic mass is 9.77. The third kappa shape index (κ3) is 6.13. The minimum Gasteiger partial charge on any atom is -0.449 e. The molecule has 41 heavy (non-hydrogen) atoms. The minimum absolute atomic E-state index is 0.0894. The van der Waals surface area contributed by atoms with Crippen molar-refractivity contribution in [2.24, 2.45) is 0 Å². The Morgan fingerprint density at radius 3 is 2.02 bits per heavy atom. The Labute approximate surface area is 237 Å². The Kier molecular flexibility index (Phi) is 7.65. The Morgan fingerprint density at radius 1 is 0.902 bits per heavy atom. The molecule has 0 saturated carbocycles. The number of nitrogens with one attached hydrogen (secondary N) is 1. The lowest BCUT2D eigenvalue weighted by Crippen LogP contribution is -2.41. The van der Waals surface area contributed by atoms with Gasteiger partial charge in [-0.3, -0.25) is 0 Å². The average molecular weight is 565 g/mol. The van der Waals surface area contributed by atoms with E-state index in [0.29, 0.717) is 5.47 Å². The number of ether oxygens (including phenoxy) is 2. The maximum atomic E-state index is 13.0. The fraction of sp³-hybridized carbons (Fsp3) is 0.323. The highest BCUT2D eigenvalue weighted by atomic mass is 19.4. The lowest BCUT2D eigenvalue weighted by molar-refractivity contribution is -0.274. The number of para-hydroxylation sites is 1. The summed E-state index contributed by atoms with van der Waals surface area (Å²) in [6.45, 7) is 7.49. The van der Waals surface area contributed by atoms with Crippen LogP contribution in [0.3, 0.4) is 0 Å². The Balaban J connectivity index is 1.33. The number of rotatable bonds is 7. The molecule has 0 spiro atoms. The van der Waals surface area contributed by atoms with E-state index in [4.69, 9.17) is 14.0 Å². The van der Waals surface area contributed by atoms with E-state index in [1.54, 1.807) is 6.07 Å². The highest BCUT2D eigenvalue weighted by Gasteiger charge is 2.52. The zero-order valence-corrected chi connectivity index (χ0v) is 23.2. The summed E-state index contributed by atoms with van der Waals surface area (Å²) < 4.78 is 61.3. The van der Waals surface area contributed by atoms with Crippen LogP contribution in [0.4, 0.5) is 18.0 Å². The number of fused-ring (bicyclic) bond motifs is 3. The fourth-order valence-corrected chi connectivity index (χ4v) is 5.04. The topological polar surface area (TPSA) is 66.0 Å². The maximum absolute atomic E-state index is 13.0. The van der Waals surface area contributed by atoms with E-state index in [1.807, 2.05) is 64.1 Å². The van der Waals surface area contributed by atoms with Gasteiger partial charge in [-0.05, 0) is 61.5 Å². The highest BCUT2D eigenvalue weighted by molar-refractivity contribution is 6.56. The van der Waals surface area contributed by atoms with Crippen LogP contribution in [0.5, 0.6) is 5.75 Å². The molecule has 1 N–H and O–H groups in total. The molecule has 0 atom stereocenters. The van der Waals surface area contributed by atoms with Gasteiger partial charge in [-0.25, -0.2) is 4.79 Å². The number of carbonyl (C=O) groups is 1. The van der Waals surface area contributed by atoms with Crippen molar-refractivity contribution in [2.45, 2.75) is 51.2 Å². The Hall–Kier alpha value is -3.76. The van der Waals surface area contributed by atoms with Crippen molar-refractivity contribution in [2.75, 3.05) is 13.2 Å². The second-order valence-corrected chi connectivity index (χ2v) is 11.1. The Bertz CT molecular complexity index is 1410. The van der Waals surface area contributed by atoms with Crippen molar-refractivity contribution in [3.8, 4) is 16.9 Å². The molecule has 0 aromatic heterocycles. The van der Waals surface area contributed by atoms with E-state index in [1.165, 1.54) is 24.3 Å². The second kappa shape index (κ2) is 10.9. The summed E-state index contributed by atoms with van der Waals surface area (Å²) in [6.07, 6.45) is -4.06. The van der Waals surface area contributed by atoms with E-state index < -0.39 is 30.8 Å². The maximum Gasteiger partial charge on any atom is 0.573 e. The quantitative estimate of drug-likeness (QED) is 0.309. The molecule has 0 unspecified atom stereocenters. The van der Waals surface area contributed by atoms with Gasteiger partial charge in [0.1, 0.15) is 12.4 Å². The lowest BCUT2D eigenvalue weighted by Gasteiger charge is -2.32. The molecule has 1 amide bonds. The molecular formula is C31H31BF3NO5. The van der Waals surface area contributed by atoms with Crippen LogP contribution in [-0.2, 0) is 14.0 Å². The van der Waals surface area contributed by atoms with Crippen molar-refractivity contribution < 1.29 is 36.7 Å². The number of alkyl carbamates (subject to hydrolysis) is 1. The van der Waals surface area contributed by atoms with Gasteiger partial charge in [0.25, 0.3) is 0 Å². The number of halogens is 3. The third-order valence-corrected chi connectivity index (χ3v) is 7.82. The molecular weight excluding hydrogens is 534 g/mol. The molecule has 1 fully saturated rings. The second-order valence-electron chi connectivity index (χ2n) is 11.1. The highest BCUT2D eigenvalue weighted by Crippen LogP contribution is 2.44. The van der Waals surface area contributed by atoms with Gasteiger partial charge in [-0.2, -0.15) is 0 Å². The van der Waals surface area contributed by atoms with Crippen molar-refractivity contribution in [1.29, 1.82) is 0 Å². The molecule has 6 nitrogen and oxygen atoms in total. The molecule has 3 aromatic rings. The minimum atomic E-state index is -4.87. The van der Waals surface area contributed by atoms with E-state index >= 15 is 0 Å². The standard InChI is InChI=1S/C31H31BF3NO5/c1-29(2)30(3,4)41-32(40-29)21(17-20-11-5-10-16-27(20)39-31(33,34)35)18-36-28(37)38-19-26-24-14-8-6-12-22(24)23-13-7-9-15-25(23)26/h5-17,26H,18-19H2,1-4H3,(H,36,37). The van der Waals surface area contributed by atoms with Crippen molar-refractivity contribution in [3.63, 3.8) is 0 Å². The van der Waals surface area contributed by atoms with Gasteiger partial charge in [0.05, 0.1) is 11.2 Å². The van der Waals surface area contributed by atoms with Crippen LogP contribution in [0.2, 0.25) is 0 Å². The molecule has 0 bridgehead atoms. The van der Waals surface area contributed by atoms with E-state index in [-0.39, 0.29) is 30.4 Å². The summed E-state index contributed by atoms with van der Waals surface area (Å²) in [7, 11) is -0.923. The number of amides is 1. The average Bonchev–Trinajstić information content (AvgIpc) is 3.34. The zero-order chi connectivity index (χ0) is 29.4. The summed E-state index contributed by atoms with van der Waals surface area (Å²) in [5.74, 6) is -0.493. The van der Waals surface area contributed by atoms with Crippen LogP contribution in [0.25, 0.3) is 17.2 Å². The first-order valence-electron chi connectivity index (χ1n) is 13.3. The molecule has 0 radical (unpaired) electrons. The smallest absolute Gasteiger partial charge is 0.449 e. The fourth-order valence-electron chi connectivity index (χ4n) is 5.04. The summed E-state index contributed by atoms with van der Waals surface area (Å²) in [6, 6.07) is 21.8. The number of alkyl halides is 3. The molecule has 3 aromatic carbocycles. The molecule has 1 aliphatic carbocycles. The van der Waals surface area contributed by atoms with E-state index in [2.05, 4.69) is 22.2 Å². The van der Waals surface area contributed by atoms with Crippen LogP contribution in [0.1, 0.15) is 50.3 Å². The SMILES string of the molecule is CC1(C)OB(C(=Cc2ccccc2OC(F)(F)F)CNC(=O)OCC2c3ccccc3-c3ccccc32)OC1(C)C. The van der Waals surface area contributed by atoms with Gasteiger partial charge in [-0.1, -0.05) is 72.8 Å². The summed E-state index contributed by atoms with van der Waals surface area (Å²) in [5.41, 5.74) is 3.54.